The van der Waals surface area contributed by atoms with Crippen molar-refractivity contribution in [2.75, 3.05) is 13.2 Å². The molecule has 25 heavy (non-hydrogen) atoms. The van der Waals surface area contributed by atoms with Crippen LogP contribution in [-0.2, 0) is 19.5 Å². The Labute approximate surface area is 150 Å². The normalized spacial score (nSPS) is 18.6. The molecule has 0 saturated heterocycles. The first-order valence-electron chi connectivity index (χ1n) is 9.49. The van der Waals surface area contributed by atoms with Crippen LogP contribution in [0.3, 0.4) is 0 Å². The quantitative estimate of drug-likeness (QED) is 0.865. The van der Waals surface area contributed by atoms with Crippen LogP contribution >= 0.6 is 0 Å². The maximum absolute atomic E-state index is 6.01. The molecule has 1 saturated carbocycles. The zero-order valence-corrected chi connectivity index (χ0v) is 15.1. The van der Waals surface area contributed by atoms with Gasteiger partial charge >= 0.3 is 0 Å². The number of rotatable bonds is 6. The Bertz CT molecular complexity index is 719. The van der Waals surface area contributed by atoms with Gasteiger partial charge in [-0.25, -0.2) is 0 Å². The van der Waals surface area contributed by atoms with E-state index in [0.29, 0.717) is 0 Å². The molecule has 0 aromatic heterocycles. The van der Waals surface area contributed by atoms with Crippen LogP contribution in [0.4, 0.5) is 0 Å². The predicted octanol–water partition coefficient (Wildman–Crippen LogP) is 4.05. The van der Waals surface area contributed by atoms with Gasteiger partial charge in [-0.2, -0.15) is 0 Å². The van der Waals surface area contributed by atoms with Gasteiger partial charge in [-0.1, -0.05) is 30.3 Å². The highest BCUT2D eigenvalue weighted by Crippen LogP contribution is 2.29. The zero-order valence-electron chi connectivity index (χ0n) is 15.1. The van der Waals surface area contributed by atoms with E-state index in [0.717, 1.165) is 44.3 Å². The molecule has 2 N–H and O–H groups in total. The SMILES string of the molecule is CC(N)c1ccc2c(c1)CCN(Cc1ccc(OCC3CC3)cc1)C2. The van der Waals surface area contributed by atoms with Gasteiger partial charge < -0.3 is 10.5 Å². The zero-order chi connectivity index (χ0) is 17.2. The van der Waals surface area contributed by atoms with Crippen molar-refractivity contribution >= 4 is 0 Å². The van der Waals surface area contributed by atoms with E-state index in [4.69, 9.17) is 10.5 Å². The van der Waals surface area contributed by atoms with Gasteiger partial charge in [0.2, 0.25) is 0 Å². The van der Waals surface area contributed by atoms with Gasteiger partial charge in [-0.3, -0.25) is 4.90 Å². The maximum atomic E-state index is 6.01. The number of nitrogens with zero attached hydrogens (tertiary/aromatic N) is 1. The molecule has 3 nitrogen and oxygen atoms in total. The van der Waals surface area contributed by atoms with Gasteiger partial charge in [-0.05, 0) is 66.5 Å². The van der Waals surface area contributed by atoms with Crippen molar-refractivity contribution < 1.29 is 4.74 Å². The summed E-state index contributed by atoms with van der Waals surface area (Å²) in [6, 6.07) is 15.5. The number of hydrogen-bond donors (Lipinski definition) is 1. The maximum Gasteiger partial charge on any atom is 0.119 e. The Morgan fingerprint density at radius 2 is 1.92 bits per heavy atom. The number of fused-ring (bicyclic) bond motifs is 1. The van der Waals surface area contributed by atoms with E-state index in [2.05, 4.69) is 54.3 Å². The van der Waals surface area contributed by atoms with Crippen molar-refractivity contribution in [2.45, 2.75) is 45.3 Å². The van der Waals surface area contributed by atoms with Crippen LogP contribution in [0.5, 0.6) is 5.75 Å². The van der Waals surface area contributed by atoms with E-state index in [1.807, 2.05) is 0 Å². The topological polar surface area (TPSA) is 38.5 Å². The fraction of sp³-hybridized carbons (Fsp3) is 0.455. The lowest BCUT2D eigenvalue weighted by Crippen LogP contribution is -2.30. The predicted molar refractivity (Wildman–Crippen MR) is 102 cm³/mol. The van der Waals surface area contributed by atoms with Crippen LogP contribution in [0.15, 0.2) is 42.5 Å². The third-order valence-corrected chi connectivity index (χ3v) is 5.36. The first-order valence-corrected chi connectivity index (χ1v) is 9.49. The molecule has 1 heterocycles. The molecule has 2 aliphatic rings. The second kappa shape index (κ2) is 7.19. The minimum Gasteiger partial charge on any atom is -0.493 e. The Kier molecular flexibility index (Phi) is 4.78. The molecule has 1 unspecified atom stereocenters. The highest BCUT2D eigenvalue weighted by atomic mass is 16.5. The molecule has 1 aliphatic carbocycles. The summed E-state index contributed by atoms with van der Waals surface area (Å²) in [5, 5.41) is 0. The Morgan fingerprint density at radius 3 is 2.64 bits per heavy atom. The van der Waals surface area contributed by atoms with E-state index >= 15 is 0 Å². The molecule has 0 bridgehead atoms. The number of ether oxygens (including phenoxy) is 1. The molecule has 132 valence electrons. The third kappa shape index (κ3) is 4.23. The first-order chi connectivity index (χ1) is 12.2. The summed E-state index contributed by atoms with van der Waals surface area (Å²) in [6.45, 7) is 6.06. The molecule has 4 rings (SSSR count). The minimum atomic E-state index is 0.115. The molecular weight excluding hydrogens is 308 g/mol. The lowest BCUT2D eigenvalue weighted by molar-refractivity contribution is 0.245. The van der Waals surface area contributed by atoms with Gasteiger partial charge in [0.25, 0.3) is 0 Å². The number of nitrogens with two attached hydrogens (primary N) is 1. The van der Waals surface area contributed by atoms with Crippen molar-refractivity contribution in [3.05, 3.63) is 64.7 Å². The van der Waals surface area contributed by atoms with Crippen LogP contribution in [0.25, 0.3) is 0 Å². The molecule has 0 radical (unpaired) electrons. The molecular formula is C22H28N2O. The van der Waals surface area contributed by atoms with Crippen molar-refractivity contribution in [3.63, 3.8) is 0 Å². The number of benzene rings is 2. The molecule has 2 aromatic carbocycles. The fourth-order valence-electron chi connectivity index (χ4n) is 3.50. The summed E-state index contributed by atoms with van der Waals surface area (Å²) in [7, 11) is 0. The Balaban J connectivity index is 1.35. The van der Waals surface area contributed by atoms with Crippen LogP contribution < -0.4 is 10.5 Å². The third-order valence-electron chi connectivity index (χ3n) is 5.36. The van der Waals surface area contributed by atoms with E-state index < -0.39 is 0 Å². The molecule has 0 amide bonds. The largest absolute Gasteiger partial charge is 0.493 e. The average Bonchev–Trinajstić information content (AvgIpc) is 3.45. The first kappa shape index (κ1) is 16.6. The van der Waals surface area contributed by atoms with Crippen LogP contribution in [0.2, 0.25) is 0 Å². The van der Waals surface area contributed by atoms with Crippen LogP contribution in [0, 0.1) is 5.92 Å². The standard InChI is InChI=1S/C22H28N2O/c1-16(23)19-6-7-21-14-24(11-10-20(21)12-19)13-17-4-8-22(9-5-17)25-15-18-2-3-18/h4-9,12,16,18H,2-3,10-11,13-15,23H2,1H3. The lowest BCUT2D eigenvalue weighted by atomic mass is 9.95. The Hall–Kier alpha value is -1.84. The van der Waals surface area contributed by atoms with Gasteiger partial charge in [0.05, 0.1) is 6.61 Å². The van der Waals surface area contributed by atoms with Crippen molar-refractivity contribution in [3.8, 4) is 5.75 Å². The molecule has 2 aromatic rings. The smallest absolute Gasteiger partial charge is 0.119 e. The van der Waals surface area contributed by atoms with Gasteiger partial charge in [-0.15, -0.1) is 0 Å². The van der Waals surface area contributed by atoms with Gasteiger partial charge in [0, 0.05) is 25.7 Å². The minimum absolute atomic E-state index is 0.115. The lowest BCUT2D eigenvalue weighted by Gasteiger charge is -2.29. The second-order valence-corrected chi connectivity index (χ2v) is 7.68. The van der Waals surface area contributed by atoms with Crippen molar-refractivity contribution in [1.82, 2.24) is 4.90 Å². The summed E-state index contributed by atoms with van der Waals surface area (Å²) < 4.78 is 5.83. The molecule has 0 spiro atoms. The highest BCUT2D eigenvalue weighted by molar-refractivity contribution is 5.35. The summed E-state index contributed by atoms with van der Waals surface area (Å²) in [4.78, 5) is 2.52. The Morgan fingerprint density at radius 1 is 1.12 bits per heavy atom. The summed E-state index contributed by atoms with van der Waals surface area (Å²) in [6.07, 6.45) is 3.78. The van der Waals surface area contributed by atoms with E-state index in [1.54, 1.807) is 0 Å². The fourth-order valence-corrected chi connectivity index (χ4v) is 3.50. The van der Waals surface area contributed by atoms with Gasteiger partial charge in [0.1, 0.15) is 5.75 Å². The van der Waals surface area contributed by atoms with Crippen molar-refractivity contribution in [1.29, 1.82) is 0 Å². The summed E-state index contributed by atoms with van der Waals surface area (Å²) in [5.74, 6) is 1.80. The monoisotopic (exact) mass is 336 g/mol. The summed E-state index contributed by atoms with van der Waals surface area (Å²) in [5.41, 5.74) is 11.5. The average molecular weight is 336 g/mol. The molecule has 3 heteroatoms. The molecule has 1 atom stereocenters. The second-order valence-electron chi connectivity index (χ2n) is 7.68. The number of hydrogen-bond acceptors (Lipinski definition) is 3. The van der Waals surface area contributed by atoms with Crippen LogP contribution in [-0.4, -0.2) is 18.1 Å². The molecule has 1 aliphatic heterocycles. The summed E-state index contributed by atoms with van der Waals surface area (Å²) >= 11 is 0. The van der Waals surface area contributed by atoms with Gasteiger partial charge in [0.15, 0.2) is 0 Å². The van der Waals surface area contributed by atoms with E-state index in [9.17, 15) is 0 Å². The highest BCUT2D eigenvalue weighted by Gasteiger charge is 2.22. The van der Waals surface area contributed by atoms with Crippen molar-refractivity contribution in [2.24, 2.45) is 11.7 Å². The molecule has 1 fully saturated rings. The van der Waals surface area contributed by atoms with E-state index in [1.165, 1.54) is 35.1 Å². The van der Waals surface area contributed by atoms with Crippen LogP contribution in [0.1, 0.15) is 48.1 Å². The van der Waals surface area contributed by atoms with E-state index in [-0.39, 0.29) is 6.04 Å².